The highest BCUT2D eigenvalue weighted by atomic mass is 32.2. The number of rotatable bonds is 6. The molecule has 106 valence electrons. The monoisotopic (exact) mass is 292 g/mol. The van der Waals surface area contributed by atoms with Gasteiger partial charge in [0.25, 0.3) is 0 Å². The van der Waals surface area contributed by atoms with Crippen molar-refractivity contribution in [3.63, 3.8) is 0 Å². The van der Waals surface area contributed by atoms with Crippen LogP contribution in [0.4, 0.5) is 0 Å². The molecule has 2 rings (SSSR count). The molecule has 0 saturated carbocycles. The summed E-state index contributed by atoms with van der Waals surface area (Å²) in [6.07, 6.45) is 3.57. The van der Waals surface area contributed by atoms with Crippen LogP contribution in [0.15, 0.2) is 41.6 Å². The van der Waals surface area contributed by atoms with Crippen molar-refractivity contribution in [2.75, 3.05) is 5.75 Å². The van der Waals surface area contributed by atoms with Crippen LogP contribution in [0.3, 0.4) is 0 Å². The molecule has 1 heterocycles. The zero-order valence-corrected chi connectivity index (χ0v) is 12.0. The average molecular weight is 292 g/mol. The molecule has 0 amide bonds. The Kier molecular flexibility index (Phi) is 4.68. The summed E-state index contributed by atoms with van der Waals surface area (Å²) in [7, 11) is -1.09. The van der Waals surface area contributed by atoms with Crippen LogP contribution in [0.1, 0.15) is 11.4 Å². The lowest BCUT2D eigenvalue weighted by molar-refractivity contribution is -0.136. The SMILES string of the molecule is Cc1nccn1CCS(=O)c1ccc(CC(=O)O)cc1. The first-order chi connectivity index (χ1) is 9.56. The van der Waals surface area contributed by atoms with Crippen LogP contribution in [0, 0.1) is 6.92 Å². The smallest absolute Gasteiger partial charge is 0.307 e. The predicted molar refractivity (Wildman–Crippen MR) is 76.0 cm³/mol. The Labute approximate surface area is 119 Å². The number of nitrogens with zero attached hydrogens (tertiary/aromatic N) is 2. The van der Waals surface area contributed by atoms with E-state index >= 15 is 0 Å². The van der Waals surface area contributed by atoms with E-state index in [4.69, 9.17) is 5.11 Å². The zero-order chi connectivity index (χ0) is 14.5. The van der Waals surface area contributed by atoms with Crippen molar-refractivity contribution < 1.29 is 14.1 Å². The number of benzene rings is 1. The lowest BCUT2D eigenvalue weighted by Crippen LogP contribution is -2.08. The fraction of sp³-hybridized carbons (Fsp3) is 0.286. The van der Waals surface area contributed by atoms with E-state index in [1.54, 1.807) is 30.5 Å². The molecule has 5 nitrogen and oxygen atoms in total. The minimum atomic E-state index is -1.09. The summed E-state index contributed by atoms with van der Waals surface area (Å²) in [5.41, 5.74) is 0.712. The molecule has 1 aromatic carbocycles. The van der Waals surface area contributed by atoms with Crippen molar-refractivity contribution >= 4 is 16.8 Å². The van der Waals surface area contributed by atoms with E-state index in [0.29, 0.717) is 17.9 Å². The van der Waals surface area contributed by atoms with Crippen molar-refractivity contribution in [2.45, 2.75) is 24.8 Å². The van der Waals surface area contributed by atoms with Gasteiger partial charge in [0.05, 0.1) is 17.2 Å². The van der Waals surface area contributed by atoms with Crippen molar-refractivity contribution in [3.8, 4) is 0 Å². The summed E-state index contributed by atoms with van der Waals surface area (Å²) in [5, 5.41) is 8.69. The Morgan fingerprint density at radius 2 is 2.05 bits per heavy atom. The standard InChI is InChI=1S/C14H16N2O3S/c1-11-15-6-7-16(11)8-9-20(19)13-4-2-12(3-5-13)10-14(17)18/h2-7H,8-10H2,1H3,(H,17,18). The highest BCUT2D eigenvalue weighted by Crippen LogP contribution is 2.10. The van der Waals surface area contributed by atoms with Crippen LogP contribution < -0.4 is 0 Å². The topological polar surface area (TPSA) is 72.2 Å². The second-order valence-electron chi connectivity index (χ2n) is 4.43. The second kappa shape index (κ2) is 6.47. The summed E-state index contributed by atoms with van der Waals surface area (Å²) >= 11 is 0. The van der Waals surface area contributed by atoms with E-state index in [2.05, 4.69) is 4.98 Å². The Morgan fingerprint density at radius 1 is 1.35 bits per heavy atom. The molecular formula is C14H16N2O3S. The molecule has 1 atom stereocenters. The zero-order valence-electron chi connectivity index (χ0n) is 11.2. The van der Waals surface area contributed by atoms with E-state index in [1.165, 1.54) is 0 Å². The molecule has 1 aromatic heterocycles. The van der Waals surface area contributed by atoms with Crippen molar-refractivity contribution in [1.82, 2.24) is 9.55 Å². The number of hydrogen-bond acceptors (Lipinski definition) is 3. The first-order valence-electron chi connectivity index (χ1n) is 6.23. The van der Waals surface area contributed by atoms with Crippen LogP contribution in [0.2, 0.25) is 0 Å². The van der Waals surface area contributed by atoms with E-state index in [-0.39, 0.29) is 6.42 Å². The molecule has 0 saturated heterocycles. The number of aliphatic carboxylic acids is 1. The third kappa shape index (κ3) is 3.77. The maximum absolute atomic E-state index is 12.1. The molecule has 0 spiro atoms. The molecule has 2 aromatic rings. The predicted octanol–water partition coefficient (Wildman–Crippen LogP) is 1.63. The maximum atomic E-state index is 12.1. The number of imidazole rings is 1. The molecule has 20 heavy (non-hydrogen) atoms. The molecule has 0 aliphatic heterocycles. The molecule has 1 unspecified atom stereocenters. The van der Waals surface area contributed by atoms with E-state index in [9.17, 15) is 9.00 Å². The fourth-order valence-electron chi connectivity index (χ4n) is 1.87. The van der Waals surface area contributed by atoms with Crippen LogP contribution in [0.5, 0.6) is 0 Å². The number of carboxylic acids is 1. The van der Waals surface area contributed by atoms with Gasteiger partial charge in [0.15, 0.2) is 0 Å². The molecule has 0 aliphatic carbocycles. The molecule has 1 N–H and O–H groups in total. The number of hydrogen-bond donors (Lipinski definition) is 1. The van der Waals surface area contributed by atoms with Gasteiger partial charge >= 0.3 is 5.97 Å². The molecule has 6 heteroatoms. The number of aryl methyl sites for hydroxylation is 2. The summed E-state index contributed by atoms with van der Waals surface area (Å²) in [5.74, 6) is 0.545. The Balaban J connectivity index is 1.95. The Hall–Kier alpha value is -1.95. The van der Waals surface area contributed by atoms with Gasteiger partial charge in [0, 0.05) is 29.6 Å². The Morgan fingerprint density at radius 3 is 2.60 bits per heavy atom. The molecule has 0 fully saturated rings. The first kappa shape index (κ1) is 14.5. The van der Waals surface area contributed by atoms with Gasteiger partial charge in [-0.15, -0.1) is 0 Å². The van der Waals surface area contributed by atoms with Crippen LogP contribution in [0.25, 0.3) is 0 Å². The summed E-state index contributed by atoms with van der Waals surface area (Å²) in [6.45, 7) is 2.55. The van der Waals surface area contributed by atoms with Gasteiger partial charge in [-0.2, -0.15) is 0 Å². The average Bonchev–Trinajstić information content (AvgIpc) is 2.82. The third-order valence-electron chi connectivity index (χ3n) is 2.98. The minimum Gasteiger partial charge on any atom is -0.481 e. The lowest BCUT2D eigenvalue weighted by atomic mass is 10.2. The number of carboxylic acid groups (broad SMARTS) is 1. The van der Waals surface area contributed by atoms with Gasteiger partial charge in [-0.05, 0) is 24.6 Å². The van der Waals surface area contributed by atoms with Crippen molar-refractivity contribution in [3.05, 3.63) is 48.0 Å². The van der Waals surface area contributed by atoms with Gasteiger partial charge in [-0.3, -0.25) is 9.00 Å². The highest BCUT2D eigenvalue weighted by molar-refractivity contribution is 7.85. The highest BCUT2D eigenvalue weighted by Gasteiger charge is 2.06. The summed E-state index contributed by atoms with van der Waals surface area (Å²) < 4.78 is 14.1. The fourth-order valence-corrected chi connectivity index (χ4v) is 2.91. The molecule has 0 aliphatic rings. The minimum absolute atomic E-state index is 0.0128. The largest absolute Gasteiger partial charge is 0.481 e. The van der Waals surface area contributed by atoms with Gasteiger partial charge in [0.2, 0.25) is 0 Å². The summed E-state index contributed by atoms with van der Waals surface area (Å²) in [6, 6.07) is 6.89. The van der Waals surface area contributed by atoms with Gasteiger partial charge in [-0.25, -0.2) is 4.98 Å². The lowest BCUT2D eigenvalue weighted by Gasteiger charge is -2.06. The molecular weight excluding hydrogens is 276 g/mol. The van der Waals surface area contributed by atoms with Gasteiger partial charge in [-0.1, -0.05) is 12.1 Å². The van der Waals surface area contributed by atoms with Crippen LogP contribution in [-0.4, -0.2) is 30.6 Å². The van der Waals surface area contributed by atoms with Crippen molar-refractivity contribution in [1.29, 1.82) is 0 Å². The number of carbonyl (C=O) groups is 1. The third-order valence-corrected chi connectivity index (χ3v) is 4.33. The van der Waals surface area contributed by atoms with Crippen LogP contribution in [-0.2, 0) is 28.6 Å². The normalized spacial score (nSPS) is 12.2. The van der Waals surface area contributed by atoms with E-state index < -0.39 is 16.8 Å². The quantitative estimate of drug-likeness (QED) is 0.878. The summed E-state index contributed by atoms with van der Waals surface area (Å²) in [4.78, 5) is 15.4. The van der Waals surface area contributed by atoms with Crippen LogP contribution >= 0.6 is 0 Å². The number of aromatic nitrogens is 2. The Bertz CT molecular complexity index is 620. The van der Waals surface area contributed by atoms with E-state index in [0.717, 1.165) is 10.7 Å². The second-order valence-corrected chi connectivity index (χ2v) is 6.00. The van der Waals surface area contributed by atoms with Crippen molar-refractivity contribution in [2.24, 2.45) is 0 Å². The molecule has 0 radical (unpaired) electrons. The van der Waals surface area contributed by atoms with E-state index in [1.807, 2.05) is 17.7 Å². The van der Waals surface area contributed by atoms with Gasteiger partial charge in [0.1, 0.15) is 5.82 Å². The first-order valence-corrected chi connectivity index (χ1v) is 7.55. The maximum Gasteiger partial charge on any atom is 0.307 e. The molecule has 0 bridgehead atoms. The van der Waals surface area contributed by atoms with Gasteiger partial charge < -0.3 is 9.67 Å².